The van der Waals surface area contributed by atoms with Gasteiger partial charge in [0.05, 0.1) is 4.47 Å². The molecule has 0 saturated heterocycles. The summed E-state index contributed by atoms with van der Waals surface area (Å²) in [5.41, 5.74) is 1.82. The zero-order valence-electron chi connectivity index (χ0n) is 13.0. The maximum absolute atomic E-state index is 11.7. The van der Waals surface area contributed by atoms with Crippen LogP contribution >= 0.6 is 27.5 Å². The van der Waals surface area contributed by atoms with E-state index in [-0.39, 0.29) is 11.8 Å². The summed E-state index contributed by atoms with van der Waals surface area (Å²) in [6.07, 6.45) is 2.02. The number of amides is 1. The number of hydrogen-bond acceptors (Lipinski definition) is 3. The van der Waals surface area contributed by atoms with Crippen molar-refractivity contribution >= 4 is 44.8 Å². The third kappa shape index (κ3) is 4.89. The number of carbonyl (C=O) groups is 1. The summed E-state index contributed by atoms with van der Waals surface area (Å²) >= 11 is 9.32. The number of halogens is 2. The Morgan fingerprint density at radius 2 is 1.88 bits per heavy atom. The van der Waals surface area contributed by atoms with Crippen LogP contribution < -0.4 is 15.4 Å². The van der Waals surface area contributed by atoms with Crippen molar-refractivity contribution in [2.24, 2.45) is 5.92 Å². The SMILES string of the molecule is O=C(Nc1ccc(NCCOc2ccc(Cl)cc2Br)cc1)C1CC1. The summed E-state index contributed by atoms with van der Waals surface area (Å²) in [6.45, 7) is 1.20. The van der Waals surface area contributed by atoms with E-state index in [9.17, 15) is 4.79 Å². The van der Waals surface area contributed by atoms with Gasteiger partial charge in [-0.05, 0) is 71.2 Å². The van der Waals surface area contributed by atoms with Gasteiger partial charge in [-0.3, -0.25) is 4.79 Å². The predicted molar refractivity (Wildman–Crippen MR) is 101 cm³/mol. The van der Waals surface area contributed by atoms with Crippen LogP contribution in [0.4, 0.5) is 11.4 Å². The van der Waals surface area contributed by atoms with Crippen LogP contribution in [0.25, 0.3) is 0 Å². The van der Waals surface area contributed by atoms with Gasteiger partial charge in [0.25, 0.3) is 0 Å². The molecule has 0 unspecified atom stereocenters. The van der Waals surface area contributed by atoms with E-state index in [1.54, 1.807) is 12.1 Å². The number of ether oxygens (including phenoxy) is 1. The van der Waals surface area contributed by atoms with Crippen LogP contribution in [0.5, 0.6) is 5.75 Å². The standard InChI is InChI=1S/C18H18BrClN2O2/c19-16-11-13(20)3-8-17(16)24-10-9-21-14-4-6-15(7-5-14)22-18(23)12-1-2-12/h3-8,11-12,21H,1-2,9-10H2,(H,22,23). The van der Waals surface area contributed by atoms with E-state index in [4.69, 9.17) is 16.3 Å². The first-order valence-electron chi connectivity index (χ1n) is 7.84. The Morgan fingerprint density at radius 3 is 2.54 bits per heavy atom. The number of carbonyl (C=O) groups excluding carboxylic acids is 1. The monoisotopic (exact) mass is 408 g/mol. The second-order valence-electron chi connectivity index (χ2n) is 5.69. The maximum Gasteiger partial charge on any atom is 0.227 e. The fraction of sp³-hybridized carbons (Fsp3) is 0.278. The molecule has 0 spiro atoms. The molecule has 6 heteroatoms. The highest BCUT2D eigenvalue weighted by molar-refractivity contribution is 9.10. The van der Waals surface area contributed by atoms with Crippen molar-refractivity contribution in [1.82, 2.24) is 0 Å². The third-order valence-corrected chi connectivity index (χ3v) is 4.54. The lowest BCUT2D eigenvalue weighted by Gasteiger charge is -2.11. The minimum atomic E-state index is 0.123. The second-order valence-corrected chi connectivity index (χ2v) is 6.98. The molecule has 2 aromatic carbocycles. The summed E-state index contributed by atoms with van der Waals surface area (Å²) in [7, 11) is 0. The van der Waals surface area contributed by atoms with Crippen molar-refractivity contribution in [3.8, 4) is 5.75 Å². The van der Waals surface area contributed by atoms with Gasteiger partial charge in [0, 0.05) is 28.9 Å². The zero-order valence-corrected chi connectivity index (χ0v) is 15.4. The number of nitrogens with one attached hydrogen (secondary N) is 2. The Kier molecular flexibility index (Phi) is 5.63. The third-order valence-electron chi connectivity index (χ3n) is 3.68. The van der Waals surface area contributed by atoms with Crippen LogP contribution in [-0.4, -0.2) is 19.1 Å². The lowest BCUT2D eigenvalue weighted by atomic mass is 10.2. The van der Waals surface area contributed by atoms with Gasteiger partial charge in [0.1, 0.15) is 12.4 Å². The van der Waals surface area contributed by atoms with E-state index in [2.05, 4.69) is 26.6 Å². The molecule has 1 aliphatic carbocycles. The fourth-order valence-electron chi connectivity index (χ4n) is 2.21. The molecule has 0 atom stereocenters. The summed E-state index contributed by atoms with van der Waals surface area (Å²) in [4.78, 5) is 11.7. The molecule has 3 rings (SSSR count). The van der Waals surface area contributed by atoms with Crippen LogP contribution in [0, 0.1) is 5.92 Å². The van der Waals surface area contributed by atoms with Crippen molar-refractivity contribution in [3.63, 3.8) is 0 Å². The van der Waals surface area contributed by atoms with Gasteiger partial charge in [-0.15, -0.1) is 0 Å². The molecular formula is C18H18BrClN2O2. The van der Waals surface area contributed by atoms with E-state index in [1.807, 2.05) is 30.3 Å². The highest BCUT2D eigenvalue weighted by Gasteiger charge is 2.29. The highest BCUT2D eigenvalue weighted by atomic mass is 79.9. The topological polar surface area (TPSA) is 50.4 Å². The average molecular weight is 410 g/mol. The molecule has 2 aromatic rings. The number of rotatable bonds is 7. The zero-order chi connectivity index (χ0) is 16.9. The normalized spacial score (nSPS) is 13.4. The van der Waals surface area contributed by atoms with E-state index in [0.29, 0.717) is 18.2 Å². The van der Waals surface area contributed by atoms with E-state index < -0.39 is 0 Å². The van der Waals surface area contributed by atoms with E-state index in [1.165, 1.54) is 0 Å². The van der Waals surface area contributed by atoms with Gasteiger partial charge in [-0.1, -0.05) is 11.6 Å². The van der Waals surface area contributed by atoms with Crippen molar-refractivity contribution in [2.75, 3.05) is 23.8 Å². The Morgan fingerprint density at radius 1 is 1.17 bits per heavy atom. The predicted octanol–water partition coefficient (Wildman–Crippen LogP) is 4.94. The molecule has 0 aromatic heterocycles. The Balaban J connectivity index is 1.42. The van der Waals surface area contributed by atoms with Crippen molar-refractivity contribution in [3.05, 3.63) is 52.0 Å². The summed E-state index contributed by atoms with van der Waals surface area (Å²) in [5.74, 6) is 1.10. The van der Waals surface area contributed by atoms with Crippen LogP contribution in [-0.2, 0) is 4.79 Å². The van der Waals surface area contributed by atoms with Gasteiger partial charge < -0.3 is 15.4 Å². The highest BCUT2D eigenvalue weighted by Crippen LogP contribution is 2.30. The summed E-state index contributed by atoms with van der Waals surface area (Å²) in [6, 6.07) is 13.1. The molecule has 0 aliphatic heterocycles. The first-order chi connectivity index (χ1) is 11.6. The van der Waals surface area contributed by atoms with Gasteiger partial charge in [0.15, 0.2) is 0 Å². The quantitative estimate of drug-likeness (QED) is 0.637. The van der Waals surface area contributed by atoms with E-state index in [0.717, 1.165) is 34.4 Å². The van der Waals surface area contributed by atoms with Crippen LogP contribution in [0.1, 0.15) is 12.8 Å². The number of benzene rings is 2. The van der Waals surface area contributed by atoms with Crippen LogP contribution in [0.2, 0.25) is 5.02 Å². The molecule has 0 heterocycles. The van der Waals surface area contributed by atoms with Crippen molar-refractivity contribution < 1.29 is 9.53 Å². The van der Waals surface area contributed by atoms with Crippen molar-refractivity contribution in [1.29, 1.82) is 0 Å². The minimum Gasteiger partial charge on any atom is -0.491 e. The number of anilines is 2. The molecule has 1 aliphatic rings. The first kappa shape index (κ1) is 17.1. The molecule has 0 radical (unpaired) electrons. The van der Waals surface area contributed by atoms with Crippen LogP contribution in [0.15, 0.2) is 46.9 Å². The average Bonchev–Trinajstić information content (AvgIpc) is 3.39. The van der Waals surface area contributed by atoms with Gasteiger partial charge >= 0.3 is 0 Å². The van der Waals surface area contributed by atoms with Crippen LogP contribution in [0.3, 0.4) is 0 Å². The number of hydrogen-bond donors (Lipinski definition) is 2. The lowest BCUT2D eigenvalue weighted by Crippen LogP contribution is -2.13. The first-order valence-corrected chi connectivity index (χ1v) is 9.01. The van der Waals surface area contributed by atoms with Gasteiger partial charge in [-0.25, -0.2) is 0 Å². The summed E-state index contributed by atoms with van der Waals surface area (Å²) < 4.78 is 6.54. The van der Waals surface area contributed by atoms with E-state index >= 15 is 0 Å². The molecule has 1 fully saturated rings. The molecule has 4 nitrogen and oxygen atoms in total. The fourth-order valence-corrected chi connectivity index (χ4v) is 3.01. The minimum absolute atomic E-state index is 0.123. The van der Waals surface area contributed by atoms with Gasteiger partial charge in [0.2, 0.25) is 5.91 Å². The molecular weight excluding hydrogens is 392 g/mol. The molecule has 0 bridgehead atoms. The Bertz CT molecular complexity index is 717. The second kappa shape index (κ2) is 7.90. The maximum atomic E-state index is 11.7. The molecule has 24 heavy (non-hydrogen) atoms. The van der Waals surface area contributed by atoms with Crippen molar-refractivity contribution in [2.45, 2.75) is 12.8 Å². The molecule has 1 amide bonds. The Labute approximate surface area is 154 Å². The Hall–Kier alpha value is -1.72. The largest absolute Gasteiger partial charge is 0.491 e. The lowest BCUT2D eigenvalue weighted by molar-refractivity contribution is -0.117. The molecule has 1 saturated carbocycles. The van der Waals surface area contributed by atoms with Gasteiger partial charge in [-0.2, -0.15) is 0 Å². The summed E-state index contributed by atoms with van der Waals surface area (Å²) in [5, 5.41) is 6.87. The molecule has 2 N–H and O–H groups in total. The molecule has 126 valence electrons. The smallest absolute Gasteiger partial charge is 0.227 e.